The molecule has 0 bridgehead atoms. The summed E-state index contributed by atoms with van der Waals surface area (Å²) in [6, 6.07) is 10.1. The van der Waals surface area contributed by atoms with Crippen molar-refractivity contribution >= 4 is 12.4 Å². The zero-order valence-electron chi connectivity index (χ0n) is 11.2. The van der Waals surface area contributed by atoms with Crippen LogP contribution in [-0.2, 0) is 12.8 Å². The number of aryl methyl sites for hydroxylation is 2. The Bertz CT molecular complexity index is 484. The van der Waals surface area contributed by atoms with Gasteiger partial charge in [-0.2, -0.15) is 4.98 Å². The van der Waals surface area contributed by atoms with Crippen LogP contribution in [0, 0.1) is 5.92 Å². The van der Waals surface area contributed by atoms with Gasteiger partial charge in [0.25, 0.3) is 0 Å². The van der Waals surface area contributed by atoms with Crippen LogP contribution in [0.2, 0.25) is 0 Å². The van der Waals surface area contributed by atoms with E-state index in [0.29, 0.717) is 11.8 Å². The normalized spacial score (nSPS) is 12.2. The van der Waals surface area contributed by atoms with Crippen LogP contribution in [0.15, 0.2) is 34.9 Å². The van der Waals surface area contributed by atoms with Crippen LogP contribution in [0.1, 0.15) is 37.2 Å². The molecule has 4 nitrogen and oxygen atoms in total. The highest BCUT2D eigenvalue weighted by atomic mass is 35.5. The van der Waals surface area contributed by atoms with E-state index in [1.54, 1.807) is 0 Å². The Morgan fingerprint density at radius 2 is 1.84 bits per heavy atom. The first-order valence-corrected chi connectivity index (χ1v) is 6.29. The monoisotopic (exact) mass is 281 g/mol. The van der Waals surface area contributed by atoms with Gasteiger partial charge in [0, 0.05) is 6.42 Å². The summed E-state index contributed by atoms with van der Waals surface area (Å²) in [4.78, 5) is 4.34. The summed E-state index contributed by atoms with van der Waals surface area (Å²) in [5.74, 6) is 1.56. The van der Waals surface area contributed by atoms with Gasteiger partial charge in [0.2, 0.25) is 5.89 Å². The van der Waals surface area contributed by atoms with Crippen molar-refractivity contribution in [1.29, 1.82) is 0 Å². The van der Waals surface area contributed by atoms with Gasteiger partial charge in [-0.3, -0.25) is 0 Å². The quantitative estimate of drug-likeness (QED) is 0.915. The van der Waals surface area contributed by atoms with Crippen LogP contribution < -0.4 is 5.73 Å². The van der Waals surface area contributed by atoms with E-state index in [9.17, 15) is 0 Å². The van der Waals surface area contributed by atoms with Crippen LogP contribution in [0.4, 0.5) is 0 Å². The van der Waals surface area contributed by atoms with Crippen LogP contribution in [0.3, 0.4) is 0 Å². The Kier molecular flexibility index (Phi) is 5.99. The second-order valence-electron chi connectivity index (χ2n) is 4.80. The molecule has 2 aromatic rings. The fourth-order valence-corrected chi connectivity index (χ4v) is 1.69. The van der Waals surface area contributed by atoms with Gasteiger partial charge in [0.1, 0.15) is 0 Å². The molecule has 0 radical (unpaired) electrons. The Morgan fingerprint density at radius 1 is 1.16 bits per heavy atom. The lowest BCUT2D eigenvalue weighted by Gasteiger charge is -2.09. The third-order valence-corrected chi connectivity index (χ3v) is 2.97. The molecule has 1 atom stereocenters. The van der Waals surface area contributed by atoms with Gasteiger partial charge < -0.3 is 10.3 Å². The number of nitrogens with two attached hydrogens (primary N) is 1. The number of benzene rings is 1. The molecular formula is C14H20ClN3O. The van der Waals surface area contributed by atoms with Crippen LogP contribution in [0.25, 0.3) is 0 Å². The first-order chi connectivity index (χ1) is 8.66. The van der Waals surface area contributed by atoms with Gasteiger partial charge in [-0.25, -0.2) is 0 Å². The number of aromatic nitrogens is 2. The van der Waals surface area contributed by atoms with Crippen molar-refractivity contribution in [3.05, 3.63) is 47.6 Å². The minimum atomic E-state index is -0.178. The molecule has 1 heterocycles. The third kappa shape index (κ3) is 4.33. The van der Waals surface area contributed by atoms with Gasteiger partial charge in [0.15, 0.2) is 5.82 Å². The molecule has 0 aliphatic carbocycles. The molecule has 0 amide bonds. The average molecular weight is 282 g/mol. The molecule has 1 aromatic carbocycles. The van der Waals surface area contributed by atoms with Crippen molar-refractivity contribution in [2.24, 2.45) is 11.7 Å². The molecule has 19 heavy (non-hydrogen) atoms. The standard InChI is InChI=1S/C14H19N3O.ClH/c1-10(2)13(15)14-16-12(17-18-14)9-8-11-6-4-3-5-7-11;/h3-7,10,13H,8-9,15H2,1-2H3;1H. The summed E-state index contributed by atoms with van der Waals surface area (Å²) in [7, 11) is 0. The SMILES string of the molecule is CC(C)C(N)c1nc(CCc2ccccc2)no1.Cl. The Morgan fingerprint density at radius 3 is 2.47 bits per heavy atom. The topological polar surface area (TPSA) is 64.9 Å². The second kappa shape index (κ2) is 7.26. The van der Waals surface area contributed by atoms with E-state index in [2.05, 4.69) is 22.3 Å². The Balaban J connectivity index is 0.00000180. The number of hydrogen-bond donors (Lipinski definition) is 1. The van der Waals surface area contributed by atoms with Gasteiger partial charge in [-0.15, -0.1) is 12.4 Å². The molecule has 0 saturated heterocycles. The van der Waals surface area contributed by atoms with Gasteiger partial charge in [0.05, 0.1) is 6.04 Å². The van der Waals surface area contributed by atoms with Crippen molar-refractivity contribution in [2.45, 2.75) is 32.7 Å². The molecule has 0 aliphatic rings. The summed E-state index contributed by atoms with van der Waals surface area (Å²) in [5.41, 5.74) is 7.24. The van der Waals surface area contributed by atoms with Crippen LogP contribution >= 0.6 is 12.4 Å². The third-order valence-electron chi connectivity index (χ3n) is 2.97. The highest BCUT2D eigenvalue weighted by Gasteiger charge is 2.17. The van der Waals surface area contributed by atoms with Crippen LogP contribution in [-0.4, -0.2) is 10.1 Å². The van der Waals surface area contributed by atoms with Crippen LogP contribution in [0.5, 0.6) is 0 Å². The minimum Gasteiger partial charge on any atom is -0.338 e. The first-order valence-electron chi connectivity index (χ1n) is 6.29. The number of rotatable bonds is 5. The lowest BCUT2D eigenvalue weighted by Crippen LogP contribution is -2.17. The lowest BCUT2D eigenvalue weighted by molar-refractivity contribution is 0.322. The van der Waals surface area contributed by atoms with E-state index in [-0.39, 0.29) is 18.4 Å². The number of nitrogens with zero attached hydrogens (tertiary/aromatic N) is 2. The van der Waals surface area contributed by atoms with Gasteiger partial charge in [-0.1, -0.05) is 49.3 Å². The molecule has 2 rings (SSSR count). The Hall–Kier alpha value is -1.39. The maximum atomic E-state index is 5.96. The first kappa shape index (κ1) is 15.7. The molecule has 104 valence electrons. The second-order valence-corrected chi connectivity index (χ2v) is 4.80. The molecule has 5 heteroatoms. The maximum absolute atomic E-state index is 5.96. The molecule has 0 saturated carbocycles. The zero-order valence-corrected chi connectivity index (χ0v) is 12.1. The molecule has 1 aromatic heterocycles. The van der Waals surface area contributed by atoms with E-state index in [0.717, 1.165) is 18.7 Å². The molecule has 0 spiro atoms. The lowest BCUT2D eigenvalue weighted by atomic mass is 10.1. The smallest absolute Gasteiger partial charge is 0.243 e. The summed E-state index contributed by atoms with van der Waals surface area (Å²) < 4.78 is 5.19. The highest BCUT2D eigenvalue weighted by molar-refractivity contribution is 5.85. The van der Waals surface area contributed by atoms with Crippen molar-refractivity contribution in [3.8, 4) is 0 Å². The summed E-state index contributed by atoms with van der Waals surface area (Å²) in [6.45, 7) is 4.08. The van der Waals surface area contributed by atoms with E-state index in [1.165, 1.54) is 5.56 Å². The van der Waals surface area contributed by atoms with Gasteiger partial charge in [-0.05, 0) is 17.9 Å². The minimum absolute atomic E-state index is 0. The zero-order chi connectivity index (χ0) is 13.0. The number of halogens is 1. The predicted octanol–water partition coefficient (Wildman–Crippen LogP) is 2.93. The fourth-order valence-electron chi connectivity index (χ4n) is 1.69. The van der Waals surface area contributed by atoms with Crippen molar-refractivity contribution in [1.82, 2.24) is 10.1 Å². The fraction of sp³-hybridized carbons (Fsp3) is 0.429. The molecular weight excluding hydrogens is 262 g/mol. The maximum Gasteiger partial charge on any atom is 0.243 e. The summed E-state index contributed by atoms with van der Waals surface area (Å²) in [5, 5.41) is 3.97. The largest absolute Gasteiger partial charge is 0.338 e. The van der Waals surface area contributed by atoms with Crippen molar-refractivity contribution in [3.63, 3.8) is 0 Å². The molecule has 2 N–H and O–H groups in total. The van der Waals surface area contributed by atoms with E-state index < -0.39 is 0 Å². The predicted molar refractivity (Wildman–Crippen MR) is 77.2 cm³/mol. The summed E-state index contributed by atoms with van der Waals surface area (Å²) >= 11 is 0. The van der Waals surface area contributed by atoms with E-state index in [4.69, 9.17) is 10.3 Å². The van der Waals surface area contributed by atoms with Crippen molar-refractivity contribution in [2.75, 3.05) is 0 Å². The van der Waals surface area contributed by atoms with E-state index in [1.807, 2.05) is 32.0 Å². The van der Waals surface area contributed by atoms with Gasteiger partial charge >= 0.3 is 0 Å². The summed E-state index contributed by atoms with van der Waals surface area (Å²) in [6.07, 6.45) is 1.69. The molecule has 0 aliphatic heterocycles. The highest BCUT2D eigenvalue weighted by Crippen LogP contribution is 2.17. The molecule has 1 unspecified atom stereocenters. The van der Waals surface area contributed by atoms with Crippen molar-refractivity contribution < 1.29 is 4.52 Å². The van der Waals surface area contributed by atoms with E-state index >= 15 is 0 Å². The molecule has 0 fully saturated rings. The average Bonchev–Trinajstić information content (AvgIpc) is 2.85. The Labute approximate surface area is 119 Å². The number of hydrogen-bond acceptors (Lipinski definition) is 4.